The number of aromatic nitrogens is 2. The van der Waals surface area contributed by atoms with E-state index in [4.69, 9.17) is 0 Å². The maximum atomic E-state index is 14.9. The first-order valence-electron chi connectivity index (χ1n) is 19.6. The molecule has 56 heavy (non-hydrogen) atoms. The van der Waals surface area contributed by atoms with Crippen LogP contribution in [-0.4, -0.2) is 111 Å². The molecule has 1 aromatic carbocycles. The third kappa shape index (κ3) is 11.3. The monoisotopic (exact) mass is 831 g/mol. The number of sulfonamides is 1. The molecule has 3 aliphatic rings. The largest absolute Gasteiger partial charge is 0.376 e. The third-order valence-corrected chi connectivity index (χ3v) is 15.5. The Balaban J connectivity index is 1.36. The summed E-state index contributed by atoms with van der Waals surface area (Å²) in [5.74, 6) is -0.107. The van der Waals surface area contributed by atoms with E-state index in [2.05, 4.69) is 30.6 Å². The molecule has 1 saturated carbocycles. The SMILES string of the molecule is CCCC(NC(O)C1CC2(CN1C(=O)C(NC(=O)[C@@H](NC(=O)c1cnccn1)C1CCCCC1)C(C)(C)C)SCCCS2)C(=O)CNS(=O)(=O)c1ccccc1. The van der Waals surface area contributed by atoms with Crippen molar-refractivity contribution in [2.24, 2.45) is 11.3 Å². The second kappa shape index (κ2) is 19.6. The van der Waals surface area contributed by atoms with Gasteiger partial charge < -0.3 is 20.6 Å². The molecular weight excluding hydrogens is 775 g/mol. The number of Topliss-reactive ketones (excluding diaryl/α,β-unsaturated/α-hetero) is 1. The van der Waals surface area contributed by atoms with Gasteiger partial charge in [0.15, 0.2) is 5.78 Å². The number of hydrogen-bond donors (Lipinski definition) is 5. The zero-order chi connectivity index (χ0) is 40.5. The lowest BCUT2D eigenvalue weighted by atomic mass is 9.82. The van der Waals surface area contributed by atoms with Crippen LogP contribution in [0.2, 0.25) is 0 Å². The summed E-state index contributed by atoms with van der Waals surface area (Å²) in [6, 6.07) is 4.24. The van der Waals surface area contributed by atoms with Crippen LogP contribution in [0, 0.1) is 11.3 Å². The second-order valence-electron chi connectivity index (χ2n) is 16.0. The van der Waals surface area contributed by atoms with Gasteiger partial charge >= 0.3 is 0 Å². The van der Waals surface area contributed by atoms with Crippen LogP contribution in [-0.2, 0) is 24.4 Å². The minimum Gasteiger partial charge on any atom is -0.376 e. The van der Waals surface area contributed by atoms with E-state index >= 15 is 0 Å². The Morgan fingerprint density at radius 2 is 1.70 bits per heavy atom. The highest BCUT2D eigenvalue weighted by molar-refractivity contribution is 8.18. The number of rotatable bonds is 16. The van der Waals surface area contributed by atoms with Crippen LogP contribution >= 0.6 is 23.5 Å². The molecule has 0 bridgehead atoms. The fraction of sp³-hybridized carbons (Fsp3) is 0.641. The van der Waals surface area contributed by atoms with E-state index in [0.29, 0.717) is 25.8 Å². The molecule has 1 spiro atoms. The van der Waals surface area contributed by atoms with Gasteiger partial charge in [0.05, 0.1) is 33.8 Å². The van der Waals surface area contributed by atoms with Crippen LogP contribution in [0.3, 0.4) is 0 Å². The van der Waals surface area contributed by atoms with Crippen LogP contribution in [0.25, 0.3) is 0 Å². The van der Waals surface area contributed by atoms with Gasteiger partial charge in [0.25, 0.3) is 5.91 Å². The average molecular weight is 832 g/mol. The van der Waals surface area contributed by atoms with Gasteiger partial charge in [-0.05, 0) is 67.1 Å². The molecule has 5 rings (SSSR count). The summed E-state index contributed by atoms with van der Waals surface area (Å²) >= 11 is 3.52. The van der Waals surface area contributed by atoms with Gasteiger partial charge in [-0.3, -0.25) is 29.5 Å². The minimum absolute atomic E-state index is 0.0409. The first-order valence-corrected chi connectivity index (χ1v) is 23.1. The minimum atomic E-state index is -3.94. The van der Waals surface area contributed by atoms with Crippen molar-refractivity contribution >= 4 is 57.1 Å². The molecule has 17 heteroatoms. The highest BCUT2D eigenvalue weighted by Gasteiger charge is 2.53. The van der Waals surface area contributed by atoms with Gasteiger partial charge in [-0.2, -0.15) is 0 Å². The lowest BCUT2D eigenvalue weighted by molar-refractivity contribution is -0.143. The Morgan fingerprint density at radius 3 is 2.32 bits per heavy atom. The maximum absolute atomic E-state index is 14.9. The van der Waals surface area contributed by atoms with E-state index < -0.39 is 74.1 Å². The van der Waals surface area contributed by atoms with E-state index in [0.717, 1.165) is 50.0 Å². The quantitative estimate of drug-likeness (QED) is 0.155. The Morgan fingerprint density at radius 1 is 1.00 bits per heavy atom. The molecule has 5 atom stereocenters. The molecule has 3 fully saturated rings. The van der Waals surface area contributed by atoms with Crippen LogP contribution in [0.5, 0.6) is 0 Å². The van der Waals surface area contributed by atoms with Crippen molar-refractivity contribution in [3.8, 4) is 0 Å². The average Bonchev–Trinajstić information content (AvgIpc) is 3.56. The summed E-state index contributed by atoms with van der Waals surface area (Å²) in [7, 11) is -3.94. The Labute approximate surface area is 339 Å². The summed E-state index contributed by atoms with van der Waals surface area (Å²) < 4.78 is 27.7. The van der Waals surface area contributed by atoms with Gasteiger partial charge in [-0.25, -0.2) is 18.1 Å². The molecule has 5 N–H and O–H groups in total. The van der Waals surface area contributed by atoms with Crippen LogP contribution in [0.1, 0.15) is 96.0 Å². The standard InChI is InChI=1S/C39H57N7O7S3/c1-5-13-28(31(47)24-42-56(52,53)27-16-10-7-11-17-27)43-35(49)30-22-39(54-20-12-21-55-39)25-46(30)37(51)33(38(2,3)4)45-36(50)32(26-14-8-6-9-15-26)44-34(48)29-23-40-18-19-41-29/h7,10-11,16-19,23,26,28,30,32-33,35,42-43,49H,5-6,8-9,12-15,20-22,24-25H2,1-4H3,(H,44,48)(H,45,50)/t28?,30?,32-,33?,35?/m0/s1. The van der Waals surface area contributed by atoms with E-state index in [1.54, 1.807) is 46.6 Å². The molecule has 2 aliphatic heterocycles. The normalized spacial score (nSPS) is 21.2. The fourth-order valence-corrected chi connectivity index (χ4v) is 12.1. The number of nitrogens with one attached hydrogen (secondary N) is 4. The van der Waals surface area contributed by atoms with Crippen LogP contribution in [0.15, 0.2) is 53.8 Å². The molecule has 14 nitrogen and oxygen atoms in total. The number of amides is 3. The molecule has 1 aromatic heterocycles. The van der Waals surface area contributed by atoms with Gasteiger partial charge in [-0.15, -0.1) is 23.5 Å². The lowest BCUT2D eigenvalue weighted by Gasteiger charge is -2.39. The number of nitrogens with zero attached hydrogens (tertiary/aromatic N) is 3. The van der Waals surface area contributed by atoms with Crippen LogP contribution < -0.4 is 20.7 Å². The molecule has 0 radical (unpaired) electrons. The molecule has 1 aliphatic carbocycles. The Bertz CT molecular complexity index is 1750. The van der Waals surface area contributed by atoms with Crippen LogP contribution in [0.4, 0.5) is 0 Å². The highest BCUT2D eigenvalue weighted by Crippen LogP contribution is 2.51. The fourth-order valence-electron chi connectivity index (χ4n) is 7.68. The number of carbonyl (C=O) groups excluding carboxylic acids is 4. The zero-order valence-corrected chi connectivity index (χ0v) is 35.2. The number of benzene rings is 1. The van der Waals surface area contributed by atoms with E-state index in [1.165, 1.54) is 30.7 Å². The topological polar surface area (TPSA) is 200 Å². The Kier molecular flexibility index (Phi) is 15.4. The van der Waals surface area contributed by atoms with Crippen molar-refractivity contribution in [2.45, 2.75) is 125 Å². The molecule has 2 aromatic rings. The maximum Gasteiger partial charge on any atom is 0.272 e. The lowest BCUT2D eigenvalue weighted by Crippen LogP contribution is -2.62. The summed E-state index contributed by atoms with van der Waals surface area (Å²) in [6.45, 7) is 7.36. The van der Waals surface area contributed by atoms with Crippen molar-refractivity contribution in [1.82, 2.24) is 35.5 Å². The molecule has 3 heterocycles. The predicted octanol–water partition coefficient (Wildman–Crippen LogP) is 3.48. The van der Waals surface area contributed by atoms with Gasteiger partial charge in [-0.1, -0.05) is 71.6 Å². The molecule has 3 amide bonds. The predicted molar refractivity (Wildman–Crippen MR) is 218 cm³/mol. The number of carbonyl (C=O) groups is 4. The second-order valence-corrected chi connectivity index (χ2v) is 21.0. The number of hydrogen-bond acceptors (Lipinski definition) is 12. The number of ketones is 1. The first-order chi connectivity index (χ1) is 26.6. The van der Waals surface area contributed by atoms with E-state index in [1.807, 2.05) is 27.7 Å². The smallest absolute Gasteiger partial charge is 0.272 e. The summed E-state index contributed by atoms with van der Waals surface area (Å²) in [4.78, 5) is 65.8. The number of aliphatic hydroxyl groups is 1. The Hall–Kier alpha value is -3.09. The summed E-state index contributed by atoms with van der Waals surface area (Å²) in [5, 5.41) is 20.9. The highest BCUT2D eigenvalue weighted by atomic mass is 32.2. The number of thioether (sulfide) groups is 2. The van der Waals surface area contributed by atoms with E-state index in [9.17, 15) is 32.7 Å². The summed E-state index contributed by atoms with van der Waals surface area (Å²) in [6.07, 6.45) is 9.68. The molecular formula is C39H57N7O7S3. The summed E-state index contributed by atoms with van der Waals surface area (Å²) in [5.41, 5.74) is -0.673. The van der Waals surface area contributed by atoms with Crippen molar-refractivity contribution < 1.29 is 32.7 Å². The number of aliphatic hydroxyl groups excluding tert-OH is 1. The van der Waals surface area contributed by atoms with Crippen molar-refractivity contribution in [2.75, 3.05) is 24.6 Å². The third-order valence-electron chi connectivity index (χ3n) is 10.7. The zero-order valence-electron chi connectivity index (χ0n) is 32.7. The van der Waals surface area contributed by atoms with Crippen molar-refractivity contribution in [1.29, 1.82) is 0 Å². The first kappa shape index (κ1) is 44.0. The van der Waals surface area contributed by atoms with E-state index in [-0.39, 0.29) is 22.4 Å². The molecule has 308 valence electrons. The molecule has 2 saturated heterocycles. The van der Waals surface area contributed by atoms with Crippen molar-refractivity contribution in [3.63, 3.8) is 0 Å². The van der Waals surface area contributed by atoms with Crippen molar-refractivity contribution in [3.05, 3.63) is 54.6 Å². The van der Waals surface area contributed by atoms with Gasteiger partial charge in [0.2, 0.25) is 21.8 Å². The number of likely N-dealkylation sites (tertiary alicyclic amines) is 1. The molecule has 4 unspecified atom stereocenters. The van der Waals surface area contributed by atoms with Gasteiger partial charge in [0.1, 0.15) is 24.0 Å². The van der Waals surface area contributed by atoms with Gasteiger partial charge in [0, 0.05) is 18.9 Å².